The van der Waals surface area contributed by atoms with Crippen molar-refractivity contribution in [2.75, 3.05) is 5.43 Å². The molecule has 2 rings (SSSR count). The first-order valence-electron chi connectivity index (χ1n) is 4.39. The number of anilines is 1. The molecule has 2 heterocycles. The van der Waals surface area contributed by atoms with Gasteiger partial charge in [-0.2, -0.15) is 0 Å². The maximum atomic E-state index is 3.60. The fourth-order valence-corrected chi connectivity index (χ4v) is 0.521. The molecule has 0 spiro atoms. The van der Waals surface area contributed by atoms with Gasteiger partial charge < -0.3 is 72.6 Å². The number of hydrogen-bond acceptors (Lipinski definition) is 7. The Hall–Kier alpha value is 5.32. The van der Waals surface area contributed by atoms with E-state index in [2.05, 4.69) is 88.1 Å². The predicted molar refractivity (Wildman–Crippen MR) is 113 cm³/mol. The Bertz CT molecular complexity index is 295. The average molecular weight is 1040 g/mol. The molecular weight excluding hydrogens is 1000 g/mol. The van der Waals surface area contributed by atoms with Crippen LogP contribution in [0.1, 0.15) is 4.28 Å². The summed E-state index contributed by atoms with van der Waals surface area (Å²) >= 11 is 0. The second-order valence-corrected chi connectivity index (χ2v) is 1.69. The van der Waals surface area contributed by atoms with E-state index in [4.69, 9.17) is 0 Å². The molecule has 0 atom stereocenters. The maximum Gasteiger partial charge on any atom is 2.00 e. The quantitative estimate of drug-likeness (QED) is 0.102. The van der Waals surface area contributed by atoms with Crippen LogP contribution in [0.5, 0.6) is 0 Å². The van der Waals surface area contributed by atoms with Gasteiger partial charge in [0.1, 0.15) is 5.95 Å². The fraction of sp³-hybridized carbons (Fsp3) is 0. The van der Waals surface area contributed by atoms with Crippen molar-refractivity contribution < 1.29 is 39.3 Å². The molecule has 1 aliphatic heterocycles. The molecule has 0 aliphatic carbocycles. The van der Waals surface area contributed by atoms with Crippen LogP contribution in [0, 0.1) is 0 Å². The standard InChI is InChI=1S/C2H3N10.5Ba.3H6N2.5H2N.3H/c3(1-5-9-10-6-1)4-2-7-11-12-8-2;;;;;;3*1-2;;;;;;;;/h9H,(H2-2,3,4,5,6,7,8,11,12);;;;;;3*1-2H3;5*1H2;;;/q-3;8*+2;8*-1. The third-order valence-corrected chi connectivity index (χ3v) is 0.950. The van der Waals surface area contributed by atoms with E-state index in [1.54, 1.807) is 0 Å². The molecule has 31 N–H and O–H groups in total. The van der Waals surface area contributed by atoms with Gasteiger partial charge in [-0.3, -0.25) is 10.4 Å². The second-order valence-electron chi connectivity index (χ2n) is 1.69. The first-order chi connectivity index (χ1) is 8.95. The van der Waals surface area contributed by atoms with Crippen LogP contribution in [0.2, 0.25) is 0 Å². The molecule has 0 saturated carbocycles. The molecule has 152 valence electrons. The second kappa shape index (κ2) is 69.7. The molecule has 0 unspecified atom stereocenters. The van der Waals surface area contributed by atoms with Crippen LogP contribution in [-0.2, 0) is 0 Å². The number of guanidine groups is 1. The number of hydrogen-bond donors (Lipinski definition) is 9. The molecule has 0 bridgehead atoms. The van der Waals surface area contributed by atoms with Crippen LogP contribution in [-0.4, -0.2) is 266 Å². The monoisotopic (exact) mass is 1040 g/mol. The zero-order chi connectivity index (χ0) is 14.2. The Labute approximate surface area is 369 Å². The van der Waals surface area contributed by atoms with Gasteiger partial charge in [0, 0.05) is 5.96 Å². The van der Waals surface area contributed by atoms with Gasteiger partial charge >= 0.3 is 244 Å². The van der Waals surface area contributed by atoms with Crippen molar-refractivity contribution in [2.24, 2.45) is 5.10 Å². The van der Waals surface area contributed by atoms with Crippen molar-refractivity contribution in [2.45, 2.75) is 0 Å². The van der Waals surface area contributed by atoms with Gasteiger partial charge in [0.05, 0.1) is 0 Å². The summed E-state index contributed by atoms with van der Waals surface area (Å²) in [5.41, 5.74) is 14.3. The van der Waals surface area contributed by atoms with Gasteiger partial charge in [0.15, 0.2) is 0 Å². The van der Waals surface area contributed by atoms with E-state index in [-0.39, 0.29) is 291 Å². The Morgan fingerprint density at radius 1 is 0.750 bits per heavy atom. The number of nitrogens with two attached hydrogens (primary N) is 5. The average Bonchev–Trinajstić information content (AvgIpc) is 3.17. The minimum Gasteiger partial charge on any atom is -1.00 e. The zero-order valence-corrected chi connectivity index (χ0v) is 38.5. The molecule has 21 nitrogen and oxygen atoms in total. The molecule has 0 fully saturated rings. The van der Waals surface area contributed by atoms with E-state index in [0.717, 1.165) is 0 Å². The van der Waals surface area contributed by atoms with Crippen LogP contribution >= 0.6 is 0 Å². The Balaban J connectivity index is -0.00000000969. The molecule has 0 aromatic carbocycles. The van der Waals surface area contributed by atoms with Gasteiger partial charge in [0.25, 0.3) is 0 Å². The molecule has 26 heteroatoms. The molecule has 0 amide bonds. The molecular formula is C2H34Ba5N21+5. The summed E-state index contributed by atoms with van der Waals surface area (Å²) in [4.78, 5) is 0. The van der Waals surface area contributed by atoms with Crippen molar-refractivity contribution in [1.29, 1.82) is 0 Å². The summed E-state index contributed by atoms with van der Waals surface area (Å²) in [6, 6.07) is 0. The zero-order valence-electron chi connectivity index (χ0n) is 19.3. The minimum atomic E-state index is 0. The third-order valence-electron chi connectivity index (χ3n) is 0.950. The van der Waals surface area contributed by atoms with Crippen molar-refractivity contribution in [3.63, 3.8) is 0 Å². The normalized spacial score (nSPS) is 6.86. The number of rotatable bonds is 2. The molecule has 0 saturated heterocycles. The summed E-state index contributed by atoms with van der Waals surface area (Å²) in [5, 5.41) is 17.0. The number of nitrogens with one attached hydrogen (secondary N) is 3. The topological polar surface area (TPSA) is 463 Å². The van der Waals surface area contributed by atoms with Crippen LogP contribution in [0.3, 0.4) is 0 Å². The minimum absolute atomic E-state index is 0. The number of nitrogens with zero attached hydrogens (tertiary/aromatic N) is 7. The summed E-state index contributed by atoms with van der Waals surface area (Å²) in [6.07, 6.45) is 0. The Morgan fingerprint density at radius 3 is 1.46 bits per heavy atom. The smallest absolute Gasteiger partial charge is 1.00 e. The number of aromatic nitrogens is 4. The van der Waals surface area contributed by atoms with Gasteiger partial charge in [-0.05, 0) is 0 Å². The van der Waals surface area contributed by atoms with Crippen molar-refractivity contribution >= 4 is 256 Å². The molecule has 1 aromatic heterocycles. The summed E-state index contributed by atoms with van der Waals surface area (Å²) in [6.45, 7) is 0. The van der Waals surface area contributed by atoms with Crippen molar-refractivity contribution in [3.8, 4) is 0 Å². The molecule has 1 aliphatic rings. The van der Waals surface area contributed by atoms with E-state index in [0.29, 0.717) is 0 Å². The number of hydrazine groups is 1. The largest absolute Gasteiger partial charge is 2.00 e. The van der Waals surface area contributed by atoms with Gasteiger partial charge in [-0.1, -0.05) is 0 Å². The van der Waals surface area contributed by atoms with Crippen molar-refractivity contribution in [3.05, 3.63) is 41.7 Å². The predicted octanol–water partition coefficient (Wildman–Crippen LogP) is -7.63. The first kappa shape index (κ1) is 76.6. The summed E-state index contributed by atoms with van der Waals surface area (Å²) in [7, 11) is 0. The van der Waals surface area contributed by atoms with E-state index in [1.807, 2.05) is 0 Å². The van der Waals surface area contributed by atoms with Crippen LogP contribution in [0.4, 0.5) is 5.95 Å². The third kappa shape index (κ3) is 48.7. The van der Waals surface area contributed by atoms with E-state index >= 15 is 0 Å². The SMILES string of the molecule is N1=C(NNc2nn[n-]n2)[N-]N[N-]1.[Ba+2].[Ba+2].[Ba+2].[Ba+2].[Ba+2].[H-].[H-].[H-].[NH2-].[NH2-].[NH2-].[NH2-].[NH2-].[NH3+][NH3+].[NH3+][NH3+].[NH3+][NH3+]. The van der Waals surface area contributed by atoms with Crippen molar-refractivity contribution in [1.82, 2.24) is 31.6 Å². The van der Waals surface area contributed by atoms with Gasteiger partial charge in [-0.15, -0.1) is 0 Å². The fourth-order valence-electron chi connectivity index (χ4n) is 0.521. The summed E-state index contributed by atoms with van der Waals surface area (Å²) < 4.78 is 0. The van der Waals surface area contributed by atoms with Crippen LogP contribution < -0.4 is 56.7 Å². The van der Waals surface area contributed by atoms with E-state index in [9.17, 15) is 0 Å². The van der Waals surface area contributed by atoms with Gasteiger partial charge in [-0.25, -0.2) is 40.2 Å². The molecule has 0 radical (unpaired) electrons. The van der Waals surface area contributed by atoms with E-state index in [1.165, 1.54) is 0 Å². The summed E-state index contributed by atoms with van der Waals surface area (Å²) in [5.74, 6) is 18.5. The van der Waals surface area contributed by atoms with Crippen LogP contribution in [0.25, 0.3) is 41.7 Å². The van der Waals surface area contributed by atoms with E-state index < -0.39 is 0 Å². The molecule has 1 aromatic rings. The van der Waals surface area contributed by atoms with Gasteiger partial charge in [0.2, 0.25) is 0 Å². The maximum absolute atomic E-state index is 3.60. The Kier molecular flexibility index (Phi) is 191. The first-order valence-corrected chi connectivity index (χ1v) is 4.39. The van der Waals surface area contributed by atoms with Crippen LogP contribution in [0.15, 0.2) is 5.10 Å². The Morgan fingerprint density at radius 2 is 1.18 bits per heavy atom. The number of quaternary nitrogens is 6. The molecule has 28 heavy (non-hydrogen) atoms. The number of tetrazole rings is 1.